The van der Waals surface area contributed by atoms with Crippen LogP contribution in [0.25, 0.3) is 12.2 Å². The van der Waals surface area contributed by atoms with Gasteiger partial charge >= 0.3 is 0 Å². The molecule has 9 heteroatoms. The fraction of sp³-hybridized carbons (Fsp3) is 0.565. The molecule has 2 fully saturated rings. The van der Waals surface area contributed by atoms with E-state index >= 15 is 0 Å². The summed E-state index contributed by atoms with van der Waals surface area (Å²) in [5.74, 6) is 0.361. The van der Waals surface area contributed by atoms with Crippen molar-refractivity contribution in [3.05, 3.63) is 35.6 Å². The van der Waals surface area contributed by atoms with Crippen LogP contribution in [0.4, 0.5) is 0 Å². The average Bonchev–Trinajstić information content (AvgIpc) is 3.36. The van der Waals surface area contributed by atoms with Crippen molar-refractivity contribution in [1.29, 1.82) is 0 Å². The molecule has 3 heterocycles. The van der Waals surface area contributed by atoms with Gasteiger partial charge in [-0.05, 0) is 56.9 Å². The quantitative estimate of drug-likeness (QED) is 0.652. The maximum Gasteiger partial charge on any atom is 0.248 e. The van der Waals surface area contributed by atoms with E-state index in [4.69, 9.17) is 8.94 Å². The number of hydrogen-bond donors (Lipinski definition) is 1. The monoisotopic (exact) mass is 461 g/mol. The summed E-state index contributed by atoms with van der Waals surface area (Å²) in [6.07, 6.45) is 12.8. The molecule has 2 aromatic rings. The summed E-state index contributed by atoms with van der Waals surface area (Å²) in [4.78, 5) is 13.0. The Morgan fingerprint density at radius 2 is 1.94 bits per heavy atom. The van der Waals surface area contributed by atoms with Crippen molar-refractivity contribution in [1.82, 2.24) is 14.8 Å². The minimum absolute atomic E-state index is 0.0308. The topological polar surface area (TPSA) is 106 Å². The van der Waals surface area contributed by atoms with Crippen LogP contribution in [0.15, 0.2) is 32.2 Å². The first kappa shape index (κ1) is 22.8. The van der Waals surface area contributed by atoms with Gasteiger partial charge in [0.15, 0.2) is 10.7 Å². The van der Waals surface area contributed by atoms with Crippen LogP contribution in [0.3, 0.4) is 0 Å². The predicted octanol–water partition coefficient (Wildman–Crippen LogP) is 3.99. The van der Waals surface area contributed by atoms with Crippen LogP contribution >= 0.6 is 0 Å². The van der Waals surface area contributed by atoms with Gasteiger partial charge in [-0.1, -0.05) is 30.8 Å². The first-order valence-electron chi connectivity index (χ1n) is 11.4. The average molecular weight is 462 g/mol. The molecule has 1 amide bonds. The lowest BCUT2D eigenvalue weighted by atomic mass is 9.97. The summed E-state index contributed by atoms with van der Waals surface area (Å²) in [7, 11) is -3.86. The van der Waals surface area contributed by atoms with Gasteiger partial charge in [0, 0.05) is 19.1 Å². The number of aryl methyl sites for hydroxylation is 1. The number of rotatable bonds is 6. The van der Waals surface area contributed by atoms with Crippen LogP contribution in [0, 0.1) is 12.8 Å². The van der Waals surface area contributed by atoms with E-state index in [0.29, 0.717) is 30.8 Å². The number of nitrogens with zero attached hydrogens (tertiary/aromatic N) is 2. The molecule has 8 nitrogen and oxygen atoms in total. The molecule has 1 saturated carbocycles. The molecule has 1 atom stereocenters. The maximum absolute atomic E-state index is 13.5. The largest absolute Gasteiger partial charge is 0.465 e. The molecule has 1 N–H and O–H groups in total. The molecule has 1 saturated heterocycles. The second-order valence-corrected chi connectivity index (χ2v) is 10.6. The Balaban J connectivity index is 1.48. The number of carbonyl (C=O) groups excluding carboxylic acids is 1. The zero-order chi connectivity index (χ0) is 22.6. The molecule has 174 valence electrons. The van der Waals surface area contributed by atoms with Crippen molar-refractivity contribution < 1.29 is 22.2 Å². The number of hydrogen-bond acceptors (Lipinski definition) is 6. The molecule has 32 heavy (non-hydrogen) atoms. The van der Waals surface area contributed by atoms with Crippen molar-refractivity contribution in [3.8, 4) is 0 Å². The first-order chi connectivity index (χ1) is 15.4. The fourth-order valence-corrected chi connectivity index (χ4v) is 6.36. The van der Waals surface area contributed by atoms with Crippen LogP contribution in [0.1, 0.15) is 68.6 Å². The zero-order valence-corrected chi connectivity index (χ0v) is 19.3. The second kappa shape index (κ2) is 10.0. The number of piperidine rings is 1. The van der Waals surface area contributed by atoms with E-state index in [1.807, 2.05) is 0 Å². The smallest absolute Gasteiger partial charge is 0.248 e. The lowest BCUT2D eigenvalue weighted by Crippen LogP contribution is -2.47. The summed E-state index contributed by atoms with van der Waals surface area (Å²) in [6.45, 7) is 2.16. The highest BCUT2D eigenvalue weighted by atomic mass is 32.2. The van der Waals surface area contributed by atoms with Crippen molar-refractivity contribution in [2.75, 3.05) is 13.1 Å². The molecule has 0 bridgehead atoms. The number of amides is 1. The highest BCUT2D eigenvalue weighted by Gasteiger charge is 2.37. The molecule has 0 aromatic carbocycles. The second-order valence-electron chi connectivity index (χ2n) is 8.71. The van der Waals surface area contributed by atoms with Gasteiger partial charge in [-0.25, -0.2) is 8.42 Å². The number of furan rings is 1. The molecular formula is C23H31N3O5S. The lowest BCUT2D eigenvalue weighted by molar-refractivity contribution is -0.126. The molecule has 2 aliphatic rings. The van der Waals surface area contributed by atoms with Crippen molar-refractivity contribution in [3.63, 3.8) is 0 Å². The summed E-state index contributed by atoms with van der Waals surface area (Å²) in [5, 5.41) is 7.06. The minimum atomic E-state index is -3.86. The van der Waals surface area contributed by atoms with Gasteiger partial charge in [0.05, 0.1) is 12.2 Å². The number of nitrogens with one attached hydrogen (secondary N) is 1. The minimum Gasteiger partial charge on any atom is -0.465 e. The highest BCUT2D eigenvalue weighted by Crippen LogP contribution is 2.29. The lowest BCUT2D eigenvalue weighted by Gasteiger charge is -2.32. The summed E-state index contributed by atoms with van der Waals surface area (Å²) < 4.78 is 38.9. The van der Waals surface area contributed by atoms with Gasteiger partial charge in [0.1, 0.15) is 11.5 Å². The number of carbonyl (C=O) groups is 1. The van der Waals surface area contributed by atoms with E-state index in [-0.39, 0.29) is 35.1 Å². The van der Waals surface area contributed by atoms with Crippen LogP contribution in [-0.2, 0) is 14.8 Å². The molecule has 1 aliphatic carbocycles. The summed E-state index contributed by atoms with van der Waals surface area (Å²) >= 11 is 0. The standard InChI is InChI=1S/C23H31N3O5S/c1-17-22(21(31-25-17)13-12-20-11-7-15-30-20)32(28,29)26-14-6-8-18(16-26)23(27)24-19-9-4-2-3-5-10-19/h7,11-13,15,18-19H,2-6,8-10,14,16H2,1H3,(H,24,27)/b13-12+/t18-/m0/s1. The normalized spacial score (nSPS) is 21.6. The Labute approximate surface area is 189 Å². The SMILES string of the molecule is Cc1noc(/C=C/c2ccco2)c1S(=O)(=O)N1CCC[C@H](C(=O)NC2CCCCCC2)C1. The highest BCUT2D eigenvalue weighted by molar-refractivity contribution is 7.89. The molecule has 4 rings (SSSR count). The van der Waals surface area contributed by atoms with E-state index < -0.39 is 10.0 Å². The first-order valence-corrected chi connectivity index (χ1v) is 12.9. The zero-order valence-electron chi connectivity index (χ0n) is 18.5. The van der Waals surface area contributed by atoms with Gasteiger partial charge in [-0.3, -0.25) is 4.79 Å². The fourth-order valence-electron chi connectivity index (χ4n) is 4.59. The van der Waals surface area contributed by atoms with Gasteiger partial charge in [0.25, 0.3) is 0 Å². The van der Waals surface area contributed by atoms with Gasteiger partial charge in [-0.2, -0.15) is 4.31 Å². The third-order valence-electron chi connectivity index (χ3n) is 6.33. The van der Waals surface area contributed by atoms with Gasteiger partial charge in [-0.15, -0.1) is 0 Å². The number of sulfonamides is 1. The van der Waals surface area contributed by atoms with E-state index in [9.17, 15) is 13.2 Å². The summed E-state index contributed by atoms with van der Waals surface area (Å²) in [5.41, 5.74) is 0.300. The van der Waals surface area contributed by atoms with Gasteiger partial charge < -0.3 is 14.3 Å². The number of aromatic nitrogens is 1. The molecule has 0 unspecified atom stereocenters. The third-order valence-corrected chi connectivity index (χ3v) is 8.35. The Morgan fingerprint density at radius 3 is 2.66 bits per heavy atom. The Hall–Kier alpha value is -2.39. The maximum atomic E-state index is 13.5. The van der Waals surface area contributed by atoms with Crippen LogP contribution < -0.4 is 5.32 Å². The van der Waals surface area contributed by atoms with Crippen LogP contribution in [0.2, 0.25) is 0 Å². The van der Waals surface area contributed by atoms with Gasteiger partial charge in [0.2, 0.25) is 15.9 Å². The van der Waals surface area contributed by atoms with E-state index in [1.165, 1.54) is 23.4 Å². The van der Waals surface area contributed by atoms with Crippen LogP contribution in [-0.4, -0.2) is 42.9 Å². The third kappa shape index (κ3) is 5.15. The van der Waals surface area contributed by atoms with Crippen molar-refractivity contribution in [2.24, 2.45) is 5.92 Å². The Bertz CT molecular complexity index is 1030. The van der Waals surface area contributed by atoms with E-state index in [0.717, 1.165) is 25.7 Å². The van der Waals surface area contributed by atoms with Crippen LogP contribution in [0.5, 0.6) is 0 Å². The van der Waals surface area contributed by atoms with E-state index in [1.54, 1.807) is 31.2 Å². The molecule has 1 aliphatic heterocycles. The molecule has 2 aromatic heterocycles. The Kier molecular flexibility index (Phi) is 7.15. The molecule has 0 spiro atoms. The summed E-state index contributed by atoms with van der Waals surface area (Å²) in [6, 6.07) is 3.71. The van der Waals surface area contributed by atoms with Crippen molar-refractivity contribution >= 4 is 28.1 Å². The van der Waals surface area contributed by atoms with Crippen molar-refractivity contribution in [2.45, 2.75) is 69.2 Å². The molecular weight excluding hydrogens is 430 g/mol. The predicted molar refractivity (Wildman–Crippen MR) is 120 cm³/mol. The Morgan fingerprint density at radius 1 is 1.16 bits per heavy atom. The van der Waals surface area contributed by atoms with E-state index in [2.05, 4.69) is 10.5 Å². The molecule has 0 radical (unpaired) electrons.